The van der Waals surface area contributed by atoms with Crippen molar-refractivity contribution in [2.24, 2.45) is 5.73 Å². The van der Waals surface area contributed by atoms with Gasteiger partial charge in [0.2, 0.25) is 5.91 Å². The van der Waals surface area contributed by atoms with Gasteiger partial charge in [0.25, 0.3) is 0 Å². The summed E-state index contributed by atoms with van der Waals surface area (Å²) in [6.45, 7) is -1.09. The van der Waals surface area contributed by atoms with Crippen molar-refractivity contribution in [2.75, 3.05) is 13.1 Å². The molecule has 0 aliphatic carbocycles. The number of carbonyl (C=O) groups is 2. The van der Waals surface area contributed by atoms with E-state index in [1.165, 1.54) is 0 Å². The van der Waals surface area contributed by atoms with Gasteiger partial charge >= 0.3 is 12.2 Å². The van der Waals surface area contributed by atoms with Crippen molar-refractivity contribution < 1.29 is 22.8 Å². The van der Waals surface area contributed by atoms with Crippen LogP contribution in [0.25, 0.3) is 0 Å². The van der Waals surface area contributed by atoms with Gasteiger partial charge in [-0.1, -0.05) is 0 Å². The number of nitrogens with one attached hydrogen (secondary N) is 1. The monoisotopic (exact) mass is 239 g/mol. The molecule has 16 heavy (non-hydrogen) atoms. The van der Waals surface area contributed by atoms with Crippen molar-refractivity contribution in [3.63, 3.8) is 0 Å². The first-order valence-corrected chi connectivity index (χ1v) is 4.72. The van der Waals surface area contributed by atoms with Gasteiger partial charge in [-0.25, -0.2) is 4.79 Å². The number of urea groups is 1. The topological polar surface area (TPSA) is 75.4 Å². The molecule has 8 heteroatoms. The summed E-state index contributed by atoms with van der Waals surface area (Å²) in [7, 11) is 0. The molecular weight excluding hydrogens is 227 g/mol. The van der Waals surface area contributed by atoms with Gasteiger partial charge in [0.05, 0.1) is 0 Å². The lowest BCUT2D eigenvalue weighted by Gasteiger charge is -2.21. The summed E-state index contributed by atoms with van der Waals surface area (Å²) in [5.74, 6) is -0.811. The molecule has 3 N–H and O–H groups in total. The van der Waals surface area contributed by atoms with E-state index in [1.54, 1.807) is 5.32 Å². The molecule has 1 aliphatic heterocycles. The van der Waals surface area contributed by atoms with Crippen molar-refractivity contribution in [3.8, 4) is 0 Å². The Hall–Kier alpha value is -1.47. The number of primary amides is 1. The summed E-state index contributed by atoms with van der Waals surface area (Å²) in [6, 6.07) is -1.66. The third-order valence-corrected chi connectivity index (χ3v) is 2.30. The fourth-order valence-electron chi connectivity index (χ4n) is 1.61. The lowest BCUT2D eigenvalue weighted by molar-refractivity contribution is -0.140. The number of likely N-dealkylation sites (tertiary alicyclic amines) is 1. The second kappa shape index (κ2) is 4.58. The van der Waals surface area contributed by atoms with Crippen LogP contribution >= 0.6 is 0 Å². The smallest absolute Gasteiger partial charge is 0.351 e. The molecule has 0 unspecified atom stereocenters. The number of halogens is 3. The van der Waals surface area contributed by atoms with E-state index in [0.717, 1.165) is 4.90 Å². The van der Waals surface area contributed by atoms with Crippen molar-refractivity contribution in [2.45, 2.75) is 25.1 Å². The predicted molar refractivity (Wildman–Crippen MR) is 48.4 cm³/mol. The van der Waals surface area contributed by atoms with E-state index in [0.29, 0.717) is 19.4 Å². The molecular formula is C8H12F3N3O2. The van der Waals surface area contributed by atoms with Gasteiger partial charge in [0, 0.05) is 6.54 Å². The minimum Gasteiger partial charge on any atom is -0.351 e. The zero-order chi connectivity index (χ0) is 12.3. The maximum Gasteiger partial charge on any atom is 0.405 e. The molecule has 0 bridgehead atoms. The third-order valence-electron chi connectivity index (χ3n) is 2.30. The Labute approximate surface area is 89.8 Å². The van der Waals surface area contributed by atoms with Crippen LogP contribution in [0.1, 0.15) is 12.8 Å². The van der Waals surface area contributed by atoms with Gasteiger partial charge in [0.1, 0.15) is 12.6 Å². The molecule has 0 aromatic carbocycles. The molecule has 1 aliphatic rings. The van der Waals surface area contributed by atoms with E-state index < -0.39 is 30.7 Å². The molecule has 1 saturated heterocycles. The minimum absolute atomic E-state index is 0.305. The van der Waals surface area contributed by atoms with E-state index in [1.807, 2.05) is 0 Å². The molecule has 0 radical (unpaired) electrons. The molecule has 92 valence electrons. The Balaban J connectivity index is 2.50. The normalized spacial score (nSPS) is 20.9. The number of carbonyl (C=O) groups excluding carboxylic acids is 2. The van der Waals surface area contributed by atoms with Crippen LogP contribution in [0.5, 0.6) is 0 Å². The average molecular weight is 239 g/mol. The van der Waals surface area contributed by atoms with E-state index in [4.69, 9.17) is 5.73 Å². The maximum atomic E-state index is 11.8. The van der Waals surface area contributed by atoms with Crippen molar-refractivity contribution in [1.29, 1.82) is 0 Å². The standard InChI is InChI=1S/C8H12F3N3O2/c9-8(10,11)4-13-6(15)5-2-1-3-14(5)7(12)16/h5H,1-4H2,(H2,12,16)(H,13,15)/t5-/m0/s1. The van der Waals surface area contributed by atoms with Crippen molar-refractivity contribution in [3.05, 3.63) is 0 Å². The van der Waals surface area contributed by atoms with Gasteiger partial charge in [-0.2, -0.15) is 13.2 Å². The Morgan fingerprint density at radius 1 is 1.44 bits per heavy atom. The van der Waals surface area contributed by atoms with E-state index in [2.05, 4.69) is 0 Å². The van der Waals surface area contributed by atoms with Crippen LogP contribution in [0.2, 0.25) is 0 Å². The minimum atomic E-state index is -4.45. The lowest BCUT2D eigenvalue weighted by atomic mass is 10.2. The van der Waals surface area contributed by atoms with Crippen molar-refractivity contribution in [1.82, 2.24) is 10.2 Å². The Morgan fingerprint density at radius 2 is 2.06 bits per heavy atom. The summed E-state index contributed by atoms with van der Waals surface area (Å²) in [6.07, 6.45) is -3.55. The SMILES string of the molecule is NC(=O)N1CCC[C@H]1C(=O)NCC(F)(F)F. The number of hydrogen-bond donors (Lipinski definition) is 2. The molecule has 0 spiro atoms. The highest BCUT2D eigenvalue weighted by molar-refractivity contribution is 5.87. The quantitative estimate of drug-likeness (QED) is 0.722. The van der Waals surface area contributed by atoms with Gasteiger partial charge < -0.3 is 16.0 Å². The first kappa shape index (κ1) is 12.6. The molecule has 1 heterocycles. The Bertz CT molecular complexity index is 293. The lowest BCUT2D eigenvalue weighted by Crippen LogP contribution is -2.49. The zero-order valence-electron chi connectivity index (χ0n) is 8.38. The molecule has 5 nitrogen and oxygen atoms in total. The summed E-state index contributed by atoms with van der Waals surface area (Å²) in [4.78, 5) is 23.3. The van der Waals surface area contributed by atoms with E-state index in [-0.39, 0.29) is 0 Å². The summed E-state index contributed by atoms with van der Waals surface area (Å²) < 4.78 is 35.5. The zero-order valence-corrected chi connectivity index (χ0v) is 8.38. The molecule has 1 rings (SSSR count). The van der Waals surface area contributed by atoms with Gasteiger partial charge in [-0.3, -0.25) is 4.79 Å². The highest BCUT2D eigenvalue weighted by atomic mass is 19.4. The van der Waals surface area contributed by atoms with Crippen LogP contribution in [0.15, 0.2) is 0 Å². The van der Waals surface area contributed by atoms with Gasteiger partial charge in [-0.05, 0) is 12.8 Å². The number of amides is 3. The summed E-state index contributed by atoms with van der Waals surface area (Å²) >= 11 is 0. The molecule has 0 aromatic rings. The van der Waals surface area contributed by atoms with Crippen LogP contribution in [-0.4, -0.2) is 42.1 Å². The van der Waals surface area contributed by atoms with Crippen molar-refractivity contribution >= 4 is 11.9 Å². The fraction of sp³-hybridized carbons (Fsp3) is 0.750. The molecule has 1 atom stereocenters. The van der Waals surface area contributed by atoms with Crippen LogP contribution in [0, 0.1) is 0 Å². The maximum absolute atomic E-state index is 11.8. The molecule has 0 aromatic heterocycles. The first-order valence-electron chi connectivity index (χ1n) is 4.72. The molecule has 0 saturated carbocycles. The number of rotatable bonds is 2. The number of alkyl halides is 3. The number of nitrogens with zero attached hydrogens (tertiary/aromatic N) is 1. The first-order chi connectivity index (χ1) is 7.31. The van der Waals surface area contributed by atoms with Gasteiger partial charge in [-0.15, -0.1) is 0 Å². The van der Waals surface area contributed by atoms with Crippen LogP contribution in [0.3, 0.4) is 0 Å². The van der Waals surface area contributed by atoms with E-state index >= 15 is 0 Å². The third kappa shape index (κ3) is 3.28. The molecule has 3 amide bonds. The number of hydrogen-bond acceptors (Lipinski definition) is 2. The Kier molecular flexibility index (Phi) is 3.61. The second-order valence-corrected chi connectivity index (χ2v) is 3.52. The van der Waals surface area contributed by atoms with E-state index in [9.17, 15) is 22.8 Å². The van der Waals surface area contributed by atoms with Crippen LogP contribution in [0.4, 0.5) is 18.0 Å². The van der Waals surface area contributed by atoms with Gasteiger partial charge in [0.15, 0.2) is 0 Å². The molecule has 1 fully saturated rings. The number of nitrogens with two attached hydrogens (primary N) is 1. The van der Waals surface area contributed by atoms with Crippen LogP contribution < -0.4 is 11.1 Å². The highest BCUT2D eigenvalue weighted by Crippen LogP contribution is 2.18. The second-order valence-electron chi connectivity index (χ2n) is 3.52. The summed E-state index contributed by atoms with van der Waals surface area (Å²) in [5, 5.41) is 1.74. The van der Waals surface area contributed by atoms with Crippen LogP contribution in [-0.2, 0) is 4.79 Å². The average Bonchev–Trinajstić information content (AvgIpc) is 2.61. The summed E-state index contributed by atoms with van der Waals surface area (Å²) in [5.41, 5.74) is 4.99. The highest BCUT2D eigenvalue weighted by Gasteiger charge is 2.35. The fourth-order valence-corrected chi connectivity index (χ4v) is 1.61. The predicted octanol–water partition coefficient (Wildman–Crippen LogP) is 0.208. The Morgan fingerprint density at radius 3 is 2.56 bits per heavy atom. The largest absolute Gasteiger partial charge is 0.405 e.